The van der Waals surface area contributed by atoms with Crippen molar-refractivity contribution in [3.05, 3.63) is 69.7 Å². The van der Waals surface area contributed by atoms with Gasteiger partial charge < -0.3 is 5.73 Å². The zero-order chi connectivity index (χ0) is 15.2. The summed E-state index contributed by atoms with van der Waals surface area (Å²) < 4.78 is 0. The van der Waals surface area contributed by atoms with Crippen molar-refractivity contribution in [2.45, 2.75) is 25.3 Å². The third kappa shape index (κ3) is 4.57. The third-order valence-corrected chi connectivity index (χ3v) is 3.92. The second kappa shape index (κ2) is 7.60. The Morgan fingerprint density at radius 3 is 2.52 bits per heavy atom. The SMILES string of the molecule is NC(CCCc1ccccc1)C(=O)c1cc(Cl)ccc1Cl. The van der Waals surface area contributed by atoms with E-state index in [1.807, 2.05) is 18.2 Å². The van der Waals surface area contributed by atoms with E-state index < -0.39 is 6.04 Å². The van der Waals surface area contributed by atoms with E-state index in [4.69, 9.17) is 28.9 Å². The van der Waals surface area contributed by atoms with Gasteiger partial charge in [0.05, 0.1) is 11.1 Å². The maximum Gasteiger partial charge on any atom is 0.181 e. The highest BCUT2D eigenvalue weighted by atomic mass is 35.5. The van der Waals surface area contributed by atoms with Crippen molar-refractivity contribution in [3.8, 4) is 0 Å². The second-order valence-electron chi connectivity index (χ2n) is 4.97. The van der Waals surface area contributed by atoms with Gasteiger partial charge in [-0.1, -0.05) is 53.5 Å². The minimum Gasteiger partial charge on any atom is -0.321 e. The molecule has 0 aliphatic heterocycles. The van der Waals surface area contributed by atoms with Crippen LogP contribution < -0.4 is 5.73 Å². The van der Waals surface area contributed by atoms with E-state index in [0.717, 1.165) is 12.8 Å². The Hall–Kier alpha value is -1.35. The molecular formula is C17H17Cl2NO. The molecule has 0 saturated heterocycles. The number of rotatable bonds is 6. The first-order valence-electron chi connectivity index (χ1n) is 6.86. The van der Waals surface area contributed by atoms with Gasteiger partial charge in [-0.05, 0) is 43.0 Å². The number of aryl methyl sites for hydroxylation is 1. The first-order valence-corrected chi connectivity index (χ1v) is 7.62. The molecule has 2 aromatic rings. The lowest BCUT2D eigenvalue weighted by Gasteiger charge is -2.12. The lowest BCUT2D eigenvalue weighted by molar-refractivity contribution is 0.0956. The molecule has 0 amide bonds. The molecule has 0 aliphatic rings. The van der Waals surface area contributed by atoms with E-state index in [1.165, 1.54) is 5.56 Å². The van der Waals surface area contributed by atoms with E-state index in [2.05, 4.69) is 12.1 Å². The number of hydrogen-bond donors (Lipinski definition) is 1. The van der Waals surface area contributed by atoms with Crippen molar-refractivity contribution in [2.24, 2.45) is 5.73 Å². The highest BCUT2D eigenvalue weighted by Gasteiger charge is 2.18. The quantitative estimate of drug-likeness (QED) is 0.794. The van der Waals surface area contributed by atoms with Crippen molar-refractivity contribution in [2.75, 3.05) is 0 Å². The molecule has 4 heteroatoms. The summed E-state index contributed by atoms with van der Waals surface area (Å²) >= 11 is 11.9. The van der Waals surface area contributed by atoms with Gasteiger partial charge >= 0.3 is 0 Å². The molecule has 0 heterocycles. The standard InChI is InChI=1S/C17H17Cl2NO/c18-13-9-10-15(19)14(11-13)17(21)16(20)8-4-7-12-5-2-1-3-6-12/h1-3,5-6,9-11,16H,4,7-8,20H2. The summed E-state index contributed by atoms with van der Waals surface area (Å²) in [6.45, 7) is 0. The zero-order valence-corrected chi connectivity index (χ0v) is 13.1. The first kappa shape index (κ1) is 16.0. The fourth-order valence-electron chi connectivity index (χ4n) is 2.19. The highest BCUT2D eigenvalue weighted by molar-refractivity contribution is 6.36. The Kier molecular flexibility index (Phi) is 5.80. The molecule has 21 heavy (non-hydrogen) atoms. The summed E-state index contributed by atoms with van der Waals surface area (Å²) in [4.78, 5) is 12.3. The van der Waals surface area contributed by atoms with E-state index in [-0.39, 0.29) is 5.78 Å². The summed E-state index contributed by atoms with van der Waals surface area (Å²) in [6, 6.07) is 14.4. The first-order chi connectivity index (χ1) is 10.1. The minimum absolute atomic E-state index is 0.157. The van der Waals surface area contributed by atoms with Crippen LogP contribution in [0.5, 0.6) is 0 Å². The maximum absolute atomic E-state index is 12.3. The summed E-state index contributed by atoms with van der Waals surface area (Å²) in [5, 5.41) is 0.877. The molecule has 1 unspecified atom stereocenters. The number of hydrogen-bond acceptors (Lipinski definition) is 2. The number of Topliss-reactive ketones (excluding diaryl/α,β-unsaturated/α-hetero) is 1. The van der Waals surface area contributed by atoms with Crippen molar-refractivity contribution in [1.82, 2.24) is 0 Å². The Morgan fingerprint density at radius 1 is 1.10 bits per heavy atom. The molecule has 2 aromatic carbocycles. The molecule has 110 valence electrons. The summed E-state index contributed by atoms with van der Waals surface area (Å²) in [7, 11) is 0. The molecule has 0 saturated carbocycles. The van der Waals surface area contributed by atoms with Gasteiger partial charge in [0.25, 0.3) is 0 Å². The van der Waals surface area contributed by atoms with Crippen LogP contribution in [0.3, 0.4) is 0 Å². The largest absolute Gasteiger partial charge is 0.321 e. The van der Waals surface area contributed by atoms with Crippen molar-refractivity contribution < 1.29 is 4.79 Å². The number of benzene rings is 2. The molecule has 1 atom stereocenters. The normalized spacial score (nSPS) is 12.1. The Bertz CT molecular complexity index is 613. The fraction of sp³-hybridized carbons (Fsp3) is 0.235. The van der Waals surface area contributed by atoms with Gasteiger partial charge in [-0.25, -0.2) is 0 Å². The molecule has 2 nitrogen and oxygen atoms in total. The predicted molar refractivity (Wildman–Crippen MR) is 88.1 cm³/mol. The molecule has 2 rings (SSSR count). The van der Waals surface area contributed by atoms with Gasteiger partial charge in [0.1, 0.15) is 0 Å². The fourth-order valence-corrected chi connectivity index (χ4v) is 2.57. The Labute approximate surface area is 134 Å². The molecule has 0 fully saturated rings. The van der Waals surface area contributed by atoms with E-state index in [0.29, 0.717) is 22.0 Å². The van der Waals surface area contributed by atoms with Crippen LogP contribution in [0.2, 0.25) is 10.0 Å². The second-order valence-corrected chi connectivity index (χ2v) is 5.82. The maximum atomic E-state index is 12.3. The van der Waals surface area contributed by atoms with Gasteiger partial charge in [0.15, 0.2) is 5.78 Å². The van der Waals surface area contributed by atoms with Crippen LogP contribution in [-0.2, 0) is 6.42 Å². The zero-order valence-electron chi connectivity index (χ0n) is 11.6. The van der Waals surface area contributed by atoms with Crippen LogP contribution in [0.4, 0.5) is 0 Å². The molecule has 2 N–H and O–H groups in total. The van der Waals surface area contributed by atoms with Gasteiger partial charge in [0.2, 0.25) is 0 Å². The molecule has 0 bridgehead atoms. The summed E-state index contributed by atoms with van der Waals surface area (Å²) in [5.41, 5.74) is 7.63. The van der Waals surface area contributed by atoms with Crippen LogP contribution in [0, 0.1) is 0 Å². The monoisotopic (exact) mass is 321 g/mol. The van der Waals surface area contributed by atoms with Crippen molar-refractivity contribution in [3.63, 3.8) is 0 Å². The van der Waals surface area contributed by atoms with Crippen LogP contribution in [0.15, 0.2) is 48.5 Å². The number of carbonyl (C=O) groups excluding carboxylic acids is 1. The molecule has 0 spiro atoms. The third-order valence-electron chi connectivity index (χ3n) is 3.35. The Morgan fingerprint density at radius 2 is 1.81 bits per heavy atom. The van der Waals surface area contributed by atoms with Crippen LogP contribution in [0.25, 0.3) is 0 Å². The lowest BCUT2D eigenvalue weighted by atomic mass is 9.98. The molecule has 0 radical (unpaired) electrons. The molecular weight excluding hydrogens is 305 g/mol. The molecule has 0 aromatic heterocycles. The number of ketones is 1. The minimum atomic E-state index is -0.551. The van der Waals surface area contributed by atoms with E-state index >= 15 is 0 Å². The van der Waals surface area contributed by atoms with Crippen LogP contribution in [0.1, 0.15) is 28.8 Å². The Balaban J connectivity index is 1.92. The summed E-state index contributed by atoms with van der Waals surface area (Å²) in [5.74, 6) is -0.157. The summed E-state index contributed by atoms with van der Waals surface area (Å²) in [6.07, 6.45) is 2.39. The number of nitrogens with two attached hydrogens (primary N) is 1. The average Bonchev–Trinajstić information content (AvgIpc) is 2.50. The van der Waals surface area contributed by atoms with Gasteiger partial charge in [-0.3, -0.25) is 4.79 Å². The topological polar surface area (TPSA) is 43.1 Å². The van der Waals surface area contributed by atoms with Gasteiger partial charge in [-0.15, -0.1) is 0 Å². The van der Waals surface area contributed by atoms with Crippen molar-refractivity contribution >= 4 is 29.0 Å². The van der Waals surface area contributed by atoms with E-state index in [9.17, 15) is 4.79 Å². The van der Waals surface area contributed by atoms with Gasteiger partial charge in [0, 0.05) is 10.6 Å². The van der Waals surface area contributed by atoms with E-state index in [1.54, 1.807) is 18.2 Å². The smallest absolute Gasteiger partial charge is 0.181 e. The van der Waals surface area contributed by atoms with Crippen LogP contribution >= 0.6 is 23.2 Å². The average molecular weight is 322 g/mol. The predicted octanol–water partition coefficient (Wildman–Crippen LogP) is 4.53. The molecule has 0 aliphatic carbocycles. The lowest BCUT2D eigenvalue weighted by Crippen LogP contribution is -2.30. The van der Waals surface area contributed by atoms with Crippen molar-refractivity contribution in [1.29, 1.82) is 0 Å². The van der Waals surface area contributed by atoms with Crippen LogP contribution in [-0.4, -0.2) is 11.8 Å². The highest BCUT2D eigenvalue weighted by Crippen LogP contribution is 2.22. The number of carbonyl (C=O) groups is 1. The van der Waals surface area contributed by atoms with Gasteiger partial charge in [-0.2, -0.15) is 0 Å². The number of halogens is 2.